The first-order valence-electron chi connectivity index (χ1n) is 4.82. The maximum Gasteiger partial charge on any atom is 0.389 e. The number of benzene rings is 1. The average molecular weight is 254 g/mol. The van der Waals surface area contributed by atoms with Crippen LogP contribution >= 0.6 is 0 Å². The Labute approximate surface area is 94.6 Å². The Morgan fingerprint density at radius 2 is 1.71 bits per heavy atom. The molecule has 0 saturated heterocycles. The molecule has 0 saturated carbocycles. The third-order valence-electron chi connectivity index (χ3n) is 2.27. The van der Waals surface area contributed by atoms with Gasteiger partial charge in [0.25, 0.3) is 0 Å². The van der Waals surface area contributed by atoms with Crippen LogP contribution in [0.2, 0.25) is 0 Å². The lowest BCUT2D eigenvalue weighted by Gasteiger charge is -2.18. The van der Waals surface area contributed by atoms with E-state index in [-0.39, 0.29) is 0 Å². The molecule has 0 aliphatic heterocycles. The van der Waals surface area contributed by atoms with Crippen LogP contribution < -0.4 is 11.3 Å². The van der Waals surface area contributed by atoms with Crippen LogP contribution in [0, 0.1) is 11.6 Å². The van der Waals surface area contributed by atoms with Crippen molar-refractivity contribution >= 4 is 0 Å². The normalized spacial score (nSPS) is 13.8. The first-order chi connectivity index (χ1) is 7.85. The zero-order chi connectivity index (χ0) is 13.1. The molecule has 7 heteroatoms. The molecule has 0 aromatic heterocycles. The van der Waals surface area contributed by atoms with Gasteiger partial charge < -0.3 is 0 Å². The molecule has 3 N–H and O–H groups in total. The van der Waals surface area contributed by atoms with Gasteiger partial charge in [-0.3, -0.25) is 11.3 Å². The van der Waals surface area contributed by atoms with E-state index in [0.29, 0.717) is 0 Å². The standard InChI is InChI=1S/C10H11F5N2/c11-6-2-1-3-7(12)9(6)8(17-16)4-5-10(13,14)15/h1-3,8,17H,4-5,16H2. The van der Waals surface area contributed by atoms with Crippen molar-refractivity contribution in [2.45, 2.75) is 25.1 Å². The molecular weight excluding hydrogens is 243 g/mol. The van der Waals surface area contributed by atoms with Gasteiger partial charge in [-0.05, 0) is 18.6 Å². The molecular formula is C10H11F5N2. The second kappa shape index (κ2) is 5.42. The van der Waals surface area contributed by atoms with E-state index in [4.69, 9.17) is 5.84 Å². The van der Waals surface area contributed by atoms with Crippen LogP contribution in [0.3, 0.4) is 0 Å². The number of nitrogens with one attached hydrogen (secondary N) is 1. The Hall–Kier alpha value is -1.21. The molecule has 2 nitrogen and oxygen atoms in total. The van der Waals surface area contributed by atoms with Crippen LogP contribution in [-0.2, 0) is 0 Å². The fraction of sp³-hybridized carbons (Fsp3) is 0.400. The lowest BCUT2D eigenvalue weighted by atomic mass is 10.0. The number of nitrogens with two attached hydrogens (primary N) is 1. The van der Waals surface area contributed by atoms with Crippen molar-refractivity contribution in [1.82, 2.24) is 5.43 Å². The first kappa shape index (κ1) is 13.9. The molecule has 1 aromatic rings. The highest BCUT2D eigenvalue weighted by Gasteiger charge is 2.30. The number of hydrogen-bond acceptors (Lipinski definition) is 2. The van der Waals surface area contributed by atoms with Crippen molar-refractivity contribution in [1.29, 1.82) is 0 Å². The van der Waals surface area contributed by atoms with Gasteiger partial charge in [-0.2, -0.15) is 13.2 Å². The molecule has 0 radical (unpaired) electrons. The first-order valence-corrected chi connectivity index (χ1v) is 4.82. The van der Waals surface area contributed by atoms with Gasteiger partial charge in [0.1, 0.15) is 11.6 Å². The van der Waals surface area contributed by atoms with Gasteiger partial charge in [0.2, 0.25) is 0 Å². The predicted octanol–water partition coefficient (Wildman–Crippen LogP) is 2.81. The molecule has 0 spiro atoms. The second-order valence-corrected chi connectivity index (χ2v) is 3.51. The van der Waals surface area contributed by atoms with Crippen LogP contribution in [-0.4, -0.2) is 6.18 Å². The van der Waals surface area contributed by atoms with Gasteiger partial charge in [-0.1, -0.05) is 6.07 Å². The summed E-state index contributed by atoms with van der Waals surface area (Å²) in [5.74, 6) is 3.18. The highest BCUT2D eigenvalue weighted by Crippen LogP contribution is 2.29. The van der Waals surface area contributed by atoms with Gasteiger partial charge in [0, 0.05) is 12.0 Å². The summed E-state index contributed by atoms with van der Waals surface area (Å²) in [5, 5.41) is 0. The number of halogens is 5. The van der Waals surface area contributed by atoms with Crippen molar-refractivity contribution in [2.75, 3.05) is 0 Å². The molecule has 0 heterocycles. The van der Waals surface area contributed by atoms with Gasteiger partial charge in [-0.15, -0.1) is 0 Å². The molecule has 0 fully saturated rings. The van der Waals surface area contributed by atoms with Gasteiger partial charge >= 0.3 is 6.18 Å². The number of hydrazine groups is 1. The fourth-order valence-electron chi connectivity index (χ4n) is 1.46. The third-order valence-corrected chi connectivity index (χ3v) is 2.27. The third kappa shape index (κ3) is 3.94. The number of alkyl halides is 3. The van der Waals surface area contributed by atoms with E-state index in [1.54, 1.807) is 0 Å². The SMILES string of the molecule is NNC(CCC(F)(F)F)c1c(F)cccc1F. The van der Waals surface area contributed by atoms with E-state index >= 15 is 0 Å². The Morgan fingerprint density at radius 3 is 2.12 bits per heavy atom. The number of rotatable bonds is 4. The minimum atomic E-state index is -4.39. The van der Waals surface area contributed by atoms with Crippen LogP contribution in [0.4, 0.5) is 22.0 Å². The van der Waals surface area contributed by atoms with Crippen molar-refractivity contribution in [3.8, 4) is 0 Å². The molecule has 96 valence electrons. The largest absolute Gasteiger partial charge is 0.389 e. The molecule has 1 atom stereocenters. The van der Waals surface area contributed by atoms with Gasteiger partial charge in [-0.25, -0.2) is 8.78 Å². The van der Waals surface area contributed by atoms with Crippen LogP contribution in [0.1, 0.15) is 24.4 Å². The van der Waals surface area contributed by atoms with Crippen molar-refractivity contribution in [2.24, 2.45) is 5.84 Å². The topological polar surface area (TPSA) is 38.0 Å². The summed E-state index contributed by atoms with van der Waals surface area (Å²) in [5.41, 5.74) is 1.52. The molecule has 17 heavy (non-hydrogen) atoms. The van der Waals surface area contributed by atoms with Crippen LogP contribution in [0.5, 0.6) is 0 Å². The summed E-state index contributed by atoms with van der Waals surface area (Å²) >= 11 is 0. The summed E-state index contributed by atoms with van der Waals surface area (Å²) in [6.45, 7) is 0. The Balaban J connectivity index is 2.87. The van der Waals surface area contributed by atoms with E-state index in [0.717, 1.165) is 18.2 Å². The van der Waals surface area contributed by atoms with Gasteiger partial charge in [0.05, 0.1) is 6.04 Å². The fourth-order valence-corrected chi connectivity index (χ4v) is 1.46. The monoisotopic (exact) mass is 254 g/mol. The molecule has 0 amide bonds. The Morgan fingerprint density at radius 1 is 1.18 bits per heavy atom. The van der Waals surface area contributed by atoms with Crippen molar-refractivity contribution in [3.05, 3.63) is 35.4 Å². The van der Waals surface area contributed by atoms with E-state index in [1.165, 1.54) is 0 Å². The van der Waals surface area contributed by atoms with Crippen LogP contribution in [0.25, 0.3) is 0 Å². The maximum atomic E-state index is 13.3. The van der Waals surface area contributed by atoms with Crippen molar-refractivity contribution in [3.63, 3.8) is 0 Å². The second-order valence-electron chi connectivity index (χ2n) is 3.51. The lowest BCUT2D eigenvalue weighted by molar-refractivity contribution is -0.136. The summed E-state index contributed by atoms with van der Waals surface area (Å²) in [6.07, 6.45) is -6.09. The smallest absolute Gasteiger partial charge is 0.271 e. The lowest BCUT2D eigenvalue weighted by Crippen LogP contribution is -2.30. The molecule has 1 aromatic carbocycles. The summed E-state index contributed by atoms with van der Waals surface area (Å²) in [6, 6.07) is 1.86. The highest BCUT2D eigenvalue weighted by atomic mass is 19.4. The molecule has 1 rings (SSSR count). The van der Waals surface area contributed by atoms with E-state index in [2.05, 4.69) is 0 Å². The zero-order valence-electron chi connectivity index (χ0n) is 8.69. The van der Waals surface area contributed by atoms with E-state index in [9.17, 15) is 22.0 Å². The predicted molar refractivity (Wildman–Crippen MR) is 51.7 cm³/mol. The van der Waals surface area contributed by atoms with Gasteiger partial charge in [0.15, 0.2) is 0 Å². The van der Waals surface area contributed by atoms with E-state index in [1.807, 2.05) is 5.43 Å². The zero-order valence-corrected chi connectivity index (χ0v) is 8.69. The average Bonchev–Trinajstić information content (AvgIpc) is 2.21. The quantitative estimate of drug-likeness (QED) is 0.492. The molecule has 0 aliphatic rings. The number of hydrogen-bond donors (Lipinski definition) is 2. The maximum absolute atomic E-state index is 13.3. The molecule has 0 aliphatic carbocycles. The minimum absolute atomic E-state index is 0.473. The highest BCUT2D eigenvalue weighted by molar-refractivity contribution is 5.23. The molecule has 1 unspecified atom stereocenters. The molecule has 0 bridgehead atoms. The van der Waals surface area contributed by atoms with Crippen LogP contribution in [0.15, 0.2) is 18.2 Å². The summed E-state index contributed by atoms with van der Waals surface area (Å²) < 4.78 is 62.6. The Bertz CT molecular complexity index is 357. The minimum Gasteiger partial charge on any atom is -0.271 e. The van der Waals surface area contributed by atoms with Crippen molar-refractivity contribution < 1.29 is 22.0 Å². The van der Waals surface area contributed by atoms with E-state index < -0.39 is 42.3 Å². The summed E-state index contributed by atoms with van der Waals surface area (Å²) in [7, 11) is 0. The summed E-state index contributed by atoms with van der Waals surface area (Å²) in [4.78, 5) is 0. The Kier molecular flexibility index (Phi) is 4.41.